The molecule has 2 heterocycles. The van der Waals surface area contributed by atoms with E-state index in [1.54, 1.807) is 11.1 Å². The molecule has 168 valence electrons. The molecule has 6 heteroatoms. The van der Waals surface area contributed by atoms with E-state index in [4.69, 9.17) is 0 Å². The van der Waals surface area contributed by atoms with Gasteiger partial charge in [-0.25, -0.2) is 14.7 Å². The van der Waals surface area contributed by atoms with Gasteiger partial charge in [-0.05, 0) is 63.1 Å². The Morgan fingerprint density at radius 1 is 1.03 bits per heavy atom. The fourth-order valence-corrected chi connectivity index (χ4v) is 3.74. The van der Waals surface area contributed by atoms with Crippen LogP contribution in [0.15, 0.2) is 83.8 Å². The molecule has 1 N–H and O–H groups in total. The number of hydrogen-bond donors (Lipinski definition) is 1. The Morgan fingerprint density at radius 2 is 1.67 bits per heavy atom. The minimum Gasteiger partial charge on any atom is -0.332 e. The van der Waals surface area contributed by atoms with Crippen LogP contribution in [0.2, 0.25) is 0 Å². The second-order valence-electron chi connectivity index (χ2n) is 8.70. The zero-order valence-corrected chi connectivity index (χ0v) is 19.4. The van der Waals surface area contributed by atoms with Gasteiger partial charge in [-0.3, -0.25) is 9.36 Å². The molecule has 4 aromatic rings. The molecule has 0 unspecified atom stereocenters. The van der Waals surface area contributed by atoms with Crippen molar-refractivity contribution < 1.29 is 4.79 Å². The third-order valence-electron chi connectivity index (χ3n) is 5.88. The number of anilines is 2. The van der Waals surface area contributed by atoms with Gasteiger partial charge in [-0.1, -0.05) is 43.3 Å². The zero-order valence-electron chi connectivity index (χ0n) is 19.4. The van der Waals surface area contributed by atoms with Crippen LogP contribution in [0.3, 0.4) is 0 Å². The lowest BCUT2D eigenvalue weighted by molar-refractivity contribution is 0.236. The van der Waals surface area contributed by atoms with Crippen molar-refractivity contribution in [2.45, 2.75) is 39.7 Å². The van der Waals surface area contributed by atoms with Gasteiger partial charge in [0.15, 0.2) is 5.43 Å². The monoisotopic (exact) mass is 440 g/mol. The quantitative estimate of drug-likeness (QED) is 0.431. The van der Waals surface area contributed by atoms with E-state index in [9.17, 15) is 9.59 Å². The summed E-state index contributed by atoms with van der Waals surface area (Å²) in [6.45, 7) is 7.87. The van der Waals surface area contributed by atoms with Crippen molar-refractivity contribution in [2.24, 2.45) is 0 Å². The number of para-hydroxylation sites is 2. The average molecular weight is 441 g/mol. The zero-order chi connectivity index (χ0) is 23.6. The van der Waals surface area contributed by atoms with Gasteiger partial charge >= 0.3 is 6.03 Å². The molecule has 2 aromatic heterocycles. The van der Waals surface area contributed by atoms with Crippen LogP contribution < -0.4 is 15.6 Å². The van der Waals surface area contributed by atoms with E-state index < -0.39 is 5.54 Å². The van der Waals surface area contributed by atoms with Gasteiger partial charge in [0, 0.05) is 23.5 Å². The number of nitrogens with zero attached hydrogens (tertiary/aromatic N) is 3. The molecule has 2 aromatic carbocycles. The highest BCUT2D eigenvalue weighted by atomic mass is 16.2. The minimum atomic E-state index is -0.423. The lowest BCUT2D eigenvalue weighted by Gasteiger charge is -2.32. The van der Waals surface area contributed by atoms with Crippen molar-refractivity contribution in [3.63, 3.8) is 0 Å². The Kier molecular flexibility index (Phi) is 6.01. The number of urea groups is 1. The number of hydrogen-bond acceptors (Lipinski definition) is 3. The Bertz CT molecular complexity index is 1350. The molecule has 0 fully saturated rings. The maximum Gasteiger partial charge on any atom is 0.328 e. The van der Waals surface area contributed by atoms with Gasteiger partial charge in [-0.2, -0.15) is 0 Å². The molecular weight excluding hydrogens is 412 g/mol. The van der Waals surface area contributed by atoms with Crippen molar-refractivity contribution in [2.75, 3.05) is 4.90 Å². The van der Waals surface area contributed by atoms with Crippen molar-refractivity contribution >= 4 is 28.6 Å². The summed E-state index contributed by atoms with van der Waals surface area (Å²) < 4.78 is 1.87. The number of pyridine rings is 2. The summed E-state index contributed by atoms with van der Waals surface area (Å²) >= 11 is 0. The van der Waals surface area contributed by atoms with E-state index in [2.05, 4.69) is 10.3 Å². The molecule has 0 aliphatic carbocycles. The van der Waals surface area contributed by atoms with E-state index >= 15 is 0 Å². The summed E-state index contributed by atoms with van der Waals surface area (Å²) in [5.74, 6) is 0.424. The number of benzene rings is 2. The first-order valence-corrected chi connectivity index (χ1v) is 11.1. The van der Waals surface area contributed by atoms with Gasteiger partial charge in [0.05, 0.1) is 11.1 Å². The highest BCUT2D eigenvalue weighted by Crippen LogP contribution is 2.31. The molecule has 0 saturated heterocycles. The van der Waals surface area contributed by atoms with Crippen molar-refractivity contribution in [3.8, 4) is 5.69 Å². The van der Waals surface area contributed by atoms with Gasteiger partial charge < -0.3 is 5.32 Å². The van der Waals surface area contributed by atoms with Crippen LogP contribution in [-0.2, 0) is 0 Å². The summed E-state index contributed by atoms with van der Waals surface area (Å²) in [4.78, 5) is 33.1. The summed E-state index contributed by atoms with van der Waals surface area (Å²) in [7, 11) is 0. The number of carbonyl (C=O) groups excluding carboxylic acids is 1. The first kappa shape index (κ1) is 22.3. The van der Waals surface area contributed by atoms with E-state index in [0.29, 0.717) is 22.5 Å². The average Bonchev–Trinajstić information content (AvgIpc) is 2.80. The van der Waals surface area contributed by atoms with Crippen LogP contribution >= 0.6 is 0 Å². The molecule has 0 spiro atoms. The molecule has 0 atom stereocenters. The van der Waals surface area contributed by atoms with Crippen molar-refractivity contribution in [1.29, 1.82) is 0 Å². The van der Waals surface area contributed by atoms with Crippen LogP contribution in [-0.4, -0.2) is 21.1 Å². The number of carbonyl (C=O) groups is 1. The maximum atomic E-state index is 13.7. The first-order valence-electron chi connectivity index (χ1n) is 11.1. The van der Waals surface area contributed by atoms with E-state index in [1.807, 2.05) is 99.0 Å². The molecule has 6 nitrogen and oxygen atoms in total. The predicted octanol–water partition coefficient (Wildman–Crippen LogP) is 5.73. The van der Waals surface area contributed by atoms with Crippen molar-refractivity contribution in [3.05, 3.63) is 94.8 Å². The second kappa shape index (κ2) is 8.90. The third kappa shape index (κ3) is 4.37. The summed E-state index contributed by atoms with van der Waals surface area (Å²) in [5.41, 5.74) is 2.20. The van der Waals surface area contributed by atoms with Crippen molar-refractivity contribution in [1.82, 2.24) is 14.9 Å². The Labute approximate surface area is 193 Å². The van der Waals surface area contributed by atoms with Gasteiger partial charge in [0.1, 0.15) is 11.5 Å². The first-order chi connectivity index (χ1) is 15.8. The molecule has 2 amide bonds. The van der Waals surface area contributed by atoms with E-state index in [1.165, 1.54) is 6.07 Å². The normalized spacial score (nSPS) is 11.4. The minimum absolute atomic E-state index is 0.179. The van der Waals surface area contributed by atoms with Crippen LogP contribution in [0, 0.1) is 6.92 Å². The molecule has 0 aliphatic heterocycles. The van der Waals surface area contributed by atoms with Crippen LogP contribution in [0.1, 0.15) is 32.8 Å². The second-order valence-corrected chi connectivity index (χ2v) is 8.70. The number of nitrogens with one attached hydrogen (secondary N) is 1. The Balaban J connectivity index is 2.06. The molecule has 33 heavy (non-hydrogen) atoms. The highest BCUT2D eigenvalue weighted by molar-refractivity contribution is 6.00. The van der Waals surface area contributed by atoms with Gasteiger partial charge in [-0.15, -0.1) is 0 Å². The summed E-state index contributed by atoms with van der Waals surface area (Å²) in [6, 6.07) is 22.0. The molecule has 4 rings (SSSR count). The molecule has 0 saturated carbocycles. The Morgan fingerprint density at radius 3 is 2.30 bits per heavy atom. The summed E-state index contributed by atoms with van der Waals surface area (Å²) in [5, 5.41) is 3.65. The van der Waals surface area contributed by atoms with E-state index in [0.717, 1.165) is 17.7 Å². The predicted molar refractivity (Wildman–Crippen MR) is 134 cm³/mol. The lowest BCUT2D eigenvalue weighted by atomic mass is 10.0. The highest BCUT2D eigenvalue weighted by Gasteiger charge is 2.28. The number of rotatable bonds is 5. The van der Waals surface area contributed by atoms with Crippen LogP contribution in [0.25, 0.3) is 16.7 Å². The van der Waals surface area contributed by atoms with Gasteiger partial charge in [0.25, 0.3) is 0 Å². The standard InChI is InChI=1S/C27H28N4O2/c1-5-27(3,4)29-26(33)31(21-14-10-7-11-15-21)23-18-22(32)24-19(2)16-17-28-25(24)30(23)20-12-8-6-9-13-20/h6-18H,5H2,1-4H3,(H,29,33). The van der Waals surface area contributed by atoms with Crippen LogP contribution in [0.4, 0.5) is 16.3 Å². The fourth-order valence-electron chi connectivity index (χ4n) is 3.74. The molecule has 0 radical (unpaired) electrons. The summed E-state index contributed by atoms with van der Waals surface area (Å²) in [6.07, 6.45) is 2.44. The largest absolute Gasteiger partial charge is 0.332 e. The maximum absolute atomic E-state index is 13.7. The topological polar surface area (TPSA) is 67.2 Å². The number of amides is 2. The third-order valence-corrected chi connectivity index (χ3v) is 5.88. The molecular formula is C27H28N4O2. The SMILES string of the molecule is CCC(C)(C)NC(=O)N(c1ccccc1)c1cc(=O)c2c(C)ccnc2n1-c1ccccc1. The lowest BCUT2D eigenvalue weighted by Crippen LogP contribution is -2.49. The van der Waals surface area contributed by atoms with Crippen LogP contribution in [0.5, 0.6) is 0 Å². The molecule has 0 bridgehead atoms. The number of aromatic nitrogens is 2. The molecule has 0 aliphatic rings. The smallest absolute Gasteiger partial charge is 0.328 e. The number of fused-ring (bicyclic) bond motifs is 1. The number of aryl methyl sites for hydroxylation is 1. The Hall–Kier alpha value is -3.93. The fraction of sp³-hybridized carbons (Fsp3) is 0.222. The van der Waals surface area contributed by atoms with E-state index in [-0.39, 0.29) is 11.5 Å². The van der Waals surface area contributed by atoms with Gasteiger partial charge in [0.2, 0.25) is 0 Å².